The molecule has 3 aromatic heterocycles. The Kier molecular flexibility index (Phi) is 5.24. The first kappa shape index (κ1) is 17.7. The minimum absolute atomic E-state index is 0.229. The predicted molar refractivity (Wildman–Crippen MR) is 108 cm³/mol. The van der Waals surface area contributed by atoms with Crippen molar-refractivity contribution >= 4 is 22.6 Å². The smallest absolute Gasteiger partial charge is 0.271 e. The van der Waals surface area contributed by atoms with E-state index < -0.39 is 0 Å². The average Bonchev–Trinajstić information content (AvgIpc) is 3.16. The van der Waals surface area contributed by atoms with Crippen LogP contribution in [0.3, 0.4) is 0 Å². The monoisotopic (exact) mass is 372 g/mol. The van der Waals surface area contributed by atoms with Gasteiger partial charge in [-0.1, -0.05) is 18.2 Å². The third kappa shape index (κ3) is 4.15. The highest BCUT2D eigenvalue weighted by molar-refractivity contribution is 5.92. The van der Waals surface area contributed by atoms with Crippen molar-refractivity contribution in [2.45, 2.75) is 13.0 Å². The van der Waals surface area contributed by atoms with Gasteiger partial charge in [-0.05, 0) is 47.9 Å². The molecule has 3 N–H and O–H groups in total. The van der Waals surface area contributed by atoms with Crippen molar-refractivity contribution in [3.8, 4) is 0 Å². The minimum atomic E-state index is -0.229. The van der Waals surface area contributed by atoms with Gasteiger partial charge in [-0.15, -0.1) is 10.2 Å². The largest absolute Gasteiger partial charge is 0.365 e. The van der Waals surface area contributed by atoms with Crippen LogP contribution in [0.1, 0.15) is 21.6 Å². The van der Waals surface area contributed by atoms with E-state index >= 15 is 0 Å². The van der Waals surface area contributed by atoms with Gasteiger partial charge in [-0.25, -0.2) is 0 Å². The number of hydrogen-bond acceptors (Lipinski definition) is 5. The molecule has 1 aromatic carbocycles. The zero-order valence-corrected chi connectivity index (χ0v) is 15.2. The molecule has 0 spiro atoms. The number of nitrogens with zero attached hydrogens (tertiary/aromatic N) is 3. The summed E-state index contributed by atoms with van der Waals surface area (Å²) in [6.45, 7) is 1.15. The minimum Gasteiger partial charge on any atom is -0.365 e. The van der Waals surface area contributed by atoms with Gasteiger partial charge >= 0.3 is 0 Å². The standard InChI is InChI=1S/C21H20N6O/c28-21(23-12-9-16-14-24-18-4-2-1-3-17(16)18)19-5-6-20(27-26-19)25-13-15-7-10-22-11-8-15/h1-8,10-11,14,24H,9,12-13H2,(H,23,28)(H,25,27). The Morgan fingerprint density at radius 2 is 1.86 bits per heavy atom. The Hall–Kier alpha value is -3.74. The number of H-pyrrole nitrogens is 1. The molecule has 1 amide bonds. The van der Waals surface area contributed by atoms with Crippen LogP contribution in [0.25, 0.3) is 10.9 Å². The molecule has 0 aliphatic carbocycles. The van der Waals surface area contributed by atoms with Gasteiger partial charge in [0.05, 0.1) is 0 Å². The summed E-state index contributed by atoms with van der Waals surface area (Å²) in [5.41, 5.74) is 3.67. The van der Waals surface area contributed by atoms with Crippen molar-refractivity contribution in [3.63, 3.8) is 0 Å². The number of carbonyl (C=O) groups excluding carboxylic acids is 1. The lowest BCUT2D eigenvalue weighted by Gasteiger charge is -2.06. The van der Waals surface area contributed by atoms with Crippen molar-refractivity contribution in [2.75, 3.05) is 11.9 Å². The SMILES string of the molecule is O=C(NCCc1c[nH]c2ccccc12)c1ccc(NCc2ccncc2)nn1. The number of carbonyl (C=O) groups is 1. The van der Waals surface area contributed by atoms with Gasteiger partial charge in [0.2, 0.25) is 0 Å². The molecule has 0 unspecified atom stereocenters. The van der Waals surface area contributed by atoms with Crippen molar-refractivity contribution < 1.29 is 4.79 Å². The van der Waals surface area contributed by atoms with Crippen LogP contribution in [-0.4, -0.2) is 32.6 Å². The topological polar surface area (TPSA) is 95.6 Å². The van der Waals surface area contributed by atoms with Crippen molar-refractivity contribution in [2.24, 2.45) is 0 Å². The highest BCUT2D eigenvalue weighted by Gasteiger charge is 2.09. The number of hydrogen-bond donors (Lipinski definition) is 3. The maximum absolute atomic E-state index is 12.3. The number of aromatic amines is 1. The number of benzene rings is 1. The van der Waals surface area contributed by atoms with Gasteiger partial charge in [-0.2, -0.15) is 0 Å². The molecule has 140 valence electrons. The summed E-state index contributed by atoms with van der Waals surface area (Å²) >= 11 is 0. The Labute approximate surface area is 162 Å². The van der Waals surface area contributed by atoms with E-state index in [0.29, 0.717) is 24.6 Å². The highest BCUT2D eigenvalue weighted by Crippen LogP contribution is 2.17. The summed E-state index contributed by atoms with van der Waals surface area (Å²) in [4.78, 5) is 19.5. The van der Waals surface area contributed by atoms with Gasteiger partial charge < -0.3 is 15.6 Å². The van der Waals surface area contributed by atoms with Crippen LogP contribution >= 0.6 is 0 Å². The summed E-state index contributed by atoms with van der Waals surface area (Å²) in [7, 11) is 0. The van der Waals surface area contributed by atoms with Crippen LogP contribution in [0.4, 0.5) is 5.82 Å². The Morgan fingerprint density at radius 3 is 2.68 bits per heavy atom. The predicted octanol–water partition coefficient (Wildman–Crippen LogP) is 2.94. The van der Waals surface area contributed by atoms with Crippen molar-refractivity contribution in [1.82, 2.24) is 25.5 Å². The number of amides is 1. The van der Waals surface area contributed by atoms with Crippen molar-refractivity contribution in [3.05, 3.63) is 83.9 Å². The molecule has 0 saturated heterocycles. The first-order valence-electron chi connectivity index (χ1n) is 9.09. The number of rotatable bonds is 7. The van der Waals surface area contributed by atoms with E-state index in [1.807, 2.05) is 36.5 Å². The molecule has 0 aliphatic rings. The van der Waals surface area contributed by atoms with E-state index in [4.69, 9.17) is 0 Å². The molecule has 4 rings (SSSR count). The van der Waals surface area contributed by atoms with Gasteiger partial charge in [-0.3, -0.25) is 9.78 Å². The third-order valence-electron chi connectivity index (χ3n) is 4.47. The summed E-state index contributed by atoms with van der Waals surface area (Å²) in [5.74, 6) is 0.389. The summed E-state index contributed by atoms with van der Waals surface area (Å²) < 4.78 is 0. The van der Waals surface area contributed by atoms with Crippen LogP contribution in [-0.2, 0) is 13.0 Å². The molecule has 0 aliphatic heterocycles. The average molecular weight is 372 g/mol. The molecular formula is C21H20N6O. The Balaban J connectivity index is 1.28. The van der Waals surface area contributed by atoms with Crippen LogP contribution in [0.2, 0.25) is 0 Å². The van der Waals surface area contributed by atoms with E-state index in [-0.39, 0.29) is 5.91 Å². The molecule has 0 fully saturated rings. The quantitative estimate of drug-likeness (QED) is 0.464. The van der Waals surface area contributed by atoms with E-state index in [2.05, 4.69) is 36.9 Å². The maximum Gasteiger partial charge on any atom is 0.271 e. The highest BCUT2D eigenvalue weighted by atomic mass is 16.1. The molecule has 0 bridgehead atoms. The molecular weight excluding hydrogens is 352 g/mol. The number of pyridine rings is 1. The number of para-hydroxylation sites is 1. The molecule has 0 atom stereocenters. The zero-order valence-electron chi connectivity index (χ0n) is 15.2. The van der Waals surface area contributed by atoms with Gasteiger partial charge in [0.15, 0.2) is 5.69 Å². The molecule has 0 radical (unpaired) electrons. The zero-order chi connectivity index (χ0) is 19.2. The van der Waals surface area contributed by atoms with Gasteiger partial charge in [0, 0.05) is 42.6 Å². The number of aromatic nitrogens is 4. The normalized spacial score (nSPS) is 10.7. The lowest BCUT2D eigenvalue weighted by Crippen LogP contribution is -2.26. The second-order valence-corrected chi connectivity index (χ2v) is 6.38. The van der Waals surface area contributed by atoms with Gasteiger partial charge in [0.25, 0.3) is 5.91 Å². The number of nitrogens with one attached hydrogen (secondary N) is 3. The molecule has 7 heteroatoms. The summed E-state index contributed by atoms with van der Waals surface area (Å²) in [6.07, 6.45) is 6.22. The van der Waals surface area contributed by atoms with E-state index in [1.165, 1.54) is 10.9 Å². The van der Waals surface area contributed by atoms with Gasteiger partial charge in [0.1, 0.15) is 5.82 Å². The molecule has 28 heavy (non-hydrogen) atoms. The number of fused-ring (bicyclic) bond motifs is 1. The van der Waals surface area contributed by atoms with Crippen molar-refractivity contribution in [1.29, 1.82) is 0 Å². The first-order valence-corrected chi connectivity index (χ1v) is 9.09. The van der Waals surface area contributed by atoms with Crippen LogP contribution in [0.5, 0.6) is 0 Å². The molecule has 3 heterocycles. The van der Waals surface area contributed by atoms with E-state index in [0.717, 1.165) is 17.5 Å². The Morgan fingerprint density at radius 1 is 1.00 bits per heavy atom. The fraction of sp³-hybridized carbons (Fsp3) is 0.143. The second-order valence-electron chi connectivity index (χ2n) is 6.38. The van der Waals surface area contributed by atoms with E-state index in [1.54, 1.807) is 24.5 Å². The Bertz CT molecular complexity index is 1060. The lowest BCUT2D eigenvalue weighted by atomic mass is 10.1. The van der Waals surface area contributed by atoms with Crippen LogP contribution in [0.15, 0.2) is 67.1 Å². The summed E-state index contributed by atoms with van der Waals surface area (Å²) in [5, 5.41) is 15.3. The third-order valence-corrected chi connectivity index (χ3v) is 4.47. The van der Waals surface area contributed by atoms with E-state index in [9.17, 15) is 4.79 Å². The van der Waals surface area contributed by atoms with Crippen LogP contribution < -0.4 is 10.6 Å². The lowest BCUT2D eigenvalue weighted by molar-refractivity contribution is 0.0948. The molecule has 0 saturated carbocycles. The fourth-order valence-corrected chi connectivity index (χ4v) is 2.98. The second kappa shape index (κ2) is 8.30. The summed E-state index contributed by atoms with van der Waals surface area (Å²) in [6, 6.07) is 15.4. The first-order chi connectivity index (χ1) is 13.8. The number of anilines is 1. The maximum atomic E-state index is 12.3. The fourth-order valence-electron chi connectivity index (χ4n) is 2.98. The molecule has 4 aromatic rings. The molecule has 7 nitrogen and oxygen atoms in total. The van der Waals surface area contributed by atoms with Crippen LogP contribution in [0, 0.1) is 0 Å².